The molecule has 0 radical (unpaired) electrons. The molecule has 0 amide bonds. The Kier molecular flexibility index (Phi) is 4.25. The highest BCUT2D eigenvalue weighted by atomic mass is 35.5. The fourth-order valence-electron chi connectivity index (χ4n) is 1.58. The number of sulfonamides is 1. The molecule has 2 rings (SSSR count). The van der Waals surface area contributed by atoms with Gasteiger partial charge in [-0.3, -0.25) is 0 Å². The third-order valence-corrected chi connectivity index (χ3v) is 5.75. The van der Waals surface area contributed by atoms with Gasteiger partial charge in [0.15, 0.2) is 0 Å². The van der Waals surface area contributed by atoms with E-state index in [1.165, 1.54) is 22.6 Å². The molecule has 0 aromatic carbocycles. The number of thiophene rings is 1. The maximum Gasteiger partial charge on any atom is 0.243 e. The Balaban J connectivity index is 2.27. The second kappa shape index (κ2) is 5.58. The molecule has 0 N–H and O–H groups in total. The molecule has 0 saturated carbocycles. The highest BCUT2D eigenvalue weighted by Crippen LogP contribution is 2.22. The van der Waals surface area contributed by atoms with Crippen LogP contribution in [0.15, 0.2) is 34.7 Å². The molecule has 102 valence electrons. The molecular weight excluding hydrogens is 304 g/mol. The minimum absolute atomic E-state index is 0.157. The molecule has 4 nitrogen and oxygen atoms in total. The molecule has 0 unspecified atom stereocenters. The number of aromatic nitrogens is 1. The molecule has 0 bridgehead atoms. The van der Waals surface area contributed by atoms with Gasteiger partial charge in [-0.2, -0.15) is 4.31 Å². The predicted molar refractivity (Wildman–Crippen MR) is 77.0 cm³/mol. The molecule has 7 heteroatoms. The largest absolute Gasteiger partial charge is 0.244 e. The van der Waals surface area contributed by atoms with Crippen LogP contribution in [0.5, 0.6) is 0 Å². The van der Waals surface area contributed by atoms with E-state index in [0.717, 1.165) is 10.4 Å². The minimum atomic E-state index is -3.54. The third-order valence-electron chi connectivity index (χ3n) is 2.74. The van der Waals surface area contributed by atoms with Crippen LogP contribution in [0.25, 0.3) is 0 Å². The normalized spacial score (nSPS) is 12.0. The van der Waals surface area contributed by atoms with Crippen molar-refractivity contribution in [2.24, 2.45) is 0 Å². The minimum Gasteiger partial charge on any atom is -0.244 e. The van der Waals surface area contributed by atoms with Crippen molar-refractivity contribution in [3.05, 3.63) is 45.4 Å². The van der Waals surface area contributed by atoms with Crippen LogP contribution in [0.1, 0.15) is 10.4 Å². The van der Waals surface area contributed by atoms with Crippen LogP contribution in [-0.2, 0) is 16.6 Å². The van der Waals surface area contributed by atoms with Gasteiger partial charge in [-0.25, -0.2) is 13.4 Å². The van der Waals surface area contributed by atoms with Gasteiger partial charge in [0.05, 0.1) is 4.90 Å². The van der Waals surface area contributed by atoms with Crippen LogP contribution in [0.3, 0.4) is 0 Å². The summed E-state index contributed by atoms with van der Waals surface area (Å²) in [5.41, 5.74) is 1.10. The SMILES string of the molecule is Cc1ccsc1CN(C)S(=O)(=O)c1ccnc(Cl)c1. The van der Waals surface area contributed by atoms with Crippen molar-refractivity contribution in [3.63, 3.8) is 0 Å². The van der Waals surface area contributed by atoms with E-state index in [1.807, 2.05) is 18.4 Å². The molecule has 0 saturated heterocycles. The van der Waals surface area contributed by atoms with Crippen molar-refractivity contribution < 1.29 is 8.42 Å². The summed E-state index contributed by atoms with van der Waals surface area (Å²) in [6, 6.07) is 4.78. The lowest BCUT2D eigenvalue weighted by Gasteiger charge is -2.16. The number of halogens is 1. The predicted octanol–water partition coefficient (Wildman–Crippen LogP) is 2.93. The van der Waals surface area contributed by atoms with Crippen molar-refractivity contribution in [1.82, 2.24) is 9.29 Å². The summed E-state index contributed by atoms with van der Waals surface area (Å²) in [4.78, 5) is 4.98. The van der Waals surface area contributed by atoms with E-state index in [9.17, 15) is 8.42 Å². The maximum atomic E-state index is 12.4. The second-order valence-corrected chi connectivity index (χ2v) is 7.53. The first kappa shape index (κ1) is 14.5. The van der Waals surface area contributed by atoms with Gasteiger partial charge in [0.1, 0.15) is 5.15 Å². The van der Waals surface area contributed by atoms with E-state index in [1.54, 1.807) is 18.4 Å². The van der Waals surface area contributed by atoms with Gasteiger partial charge in [-0.1, -0.05) is 11.6 Å². The smallest absolute Gasteiger partial charge is 0.243 e. The standard InChI is InChI=1S/C12H13ClN2O2S2/c1-9-4-6-18-11(9)8-15(2)19(16,17)10-3-5-14-12(13)7-10/h3-7H,8H2,1-2H3. The molecule has 2 aromatic rings. The Hall–Kier alpha value is -0.950. The zero-order valence-electron chi connectivity index (χ0n) is 10.5. The van der Waals surface area contributed by atoms with Gasteiger partial charge in [-0.15, -0.1) is 11.3 Å². The summed E-state index contributed by atoms with van der Waals surface area (Å²) < 4.78 is 26.0. The highest BCUT2D eigenvalue weighted by Gasteiger charge is 2.22. The van der Waals surface area contributed by atoms with Crippen molar-refractivity contribution in [2.75, 3.05) is 7.05 Å². The van der Waals surface area contributed by atoms with Crippen molar-refractivity contribution in [1.29, 1.82) is 0 Å². The van der Waals surface area contributed by atoms with Gasteiger partial charge >= 0.3 is 0 Å². The molecule has 0 aliphatic carbocycles. The highest BCUT2D eigenvalue weighted by molar-refractivity contribution is 7.89. The summed E-state index contributed by atoms with van der Waals surface area (Å²) in [6.07, 6.45) is 1.39. The van der Waals surface area contributed by atoms with Gasteiger partial charge in [0, 0.05) is 24.7 Å². The molecule has 19 heavy (non-hydrogen) atoms. The molecule has 2 aromatic heterocycles. The van der Waals surface area contributed by atoms with E-state index in [0.29, 0.717) is 6.54 Å². The molecular formula is C12H13ClN2O2S2. The molecule has 0 aliphatic rings. The number of aryl methyl sites for hydroxylation is 1. The topological polar surface area (TPSA) is 50.3 Å². The Morgan fingerprint density at radius 1 is 1.42 bits per heavy atom. The Morgan fingerprint density at radius 2 is 2.16 bits per heavy atom. The van der Waals surface area contributed by atoms with Gasteiger partial charge in [-0.05, 0) is 36.1 Å². The van der Waals surface area contributed by atoms with Crippen molar-refractivity contribution in [2.45, 2.75) is 18.4 Å². The third kappa shape index (κ3) is 3.14. The van der Waals surface area contributed by atoms with Gasteiger partial charge in [0.25, 0.3) is 0 Å². The molecule has 2 heterocycles. The quantitative estimate of drug-likeness (QED) is 0.815. The summed E-state index contributed by atoms with van der Waals surface area (Å²) in [5.74, 6) is 0. The first-order valence-electron chi connectivity index (χ1n) is 5.52. The molecule has 0 fully saturated rings. The first-order chi connectivity index (χ1) is 8.91. The van der Waals surface area contributed by atoms with Crippen LogP contribution >= 0.6 is 22.9 Å². The van der Waals surface area contributed by atoms with Crippen LogP contribution in [-0.4, -0.2) is 24.8 Å². The fourth-order valence-corrected chi connectivity index (χ4v) is 4.01. The van der Waals surface area contributed by atoms with Crippen LogP contribution in [0, 0.1) is 6.92 Å². The van der Waals surface area contributed by atoms with E-state index in [-0.39, 0.29) is 10.0 Å². The number of pyridine rings is 1. The Morgan fingerprint density at radius 3 is 2.74 bits per heavy atom. The van der Waals surface area contributed by atoms with E-state index in [2.05, 4.69) is 4.98 Å². The second-order valence-electron chi connectivity index (χ2n) is 4.10. The maximum absolute atomic E-state index is 12.4. The summed E-state index contributed by atoms with van der Waals surface area (Å²) in [7, 11) is -1.98. The van der Waals surface area contributed by atoms with Crippen LogP contribution < -0.4 is 0 Å². The molecule has 0 aliphatic heterocycles. The number of hydrogen-bond acceptors (Lipinski definition) is 4. The van der Waals surface area contributed by atoms with Crippen LogP contribution in [0.4, 0.5) is 0 Å². The average molecular weight is 317 g/mol. The van der Waals surface area contributed by atoms with E-state index < -0.39 is 10.0 Å². The summed E-state index contributed by atoms with van der Waals surface area (Å²) in [6.45, 7) is 2.32. The van der Waals surface area contributed by atoms with E-state index >= 15 is 0 Å². The van der Waals surface area contributed by atoms with Gasteiger partial charge in [0.2, 0.25) is 10.0 Å². The van der Waals surface area contributed by atoms with Gasteiger partial charge < -0.3 is 0 Å². The monoisotopic (exact) mass is 316 g/mol. The molecule has 0 spiro atoms. The summed E-state index contributed by atoms with van der Waals surface area (Å²) >= 11 is 7.28. The number of hydrogen-bond donors (Lipinski definition) is 0. The Labute approximate surface area is 121 Å². The first-order valence-corrected chi connectivity index (χ1v) is 8.22. The Bertz CT molecular complexity index is 683. The number of nitrogens with zero attached hydrogens (tertiary/aromatic N) is 2. The summed E-state index contributed by atoms with van der Waals surface area (Å²) in [5, 5.41) is 2.12. The lowest BCUT2D eigenvalue weighted by Crippen LogP contribution is -2.26. The van der Waals surface area contributed by atoms with Crippen molar-refractivity contribution >= 4 is 33.0 Å². The average Bonchev–Trinajstić information content (AvgIpc) is 2.75. The zero-order valence-corrected chi connectivity index (χ0v) is 12.9. The van der Waals surface area contributed by atoms with Crippen molar-refractivity contribution in [3.8, 4) is 0 Å². The fraction of sp³-hybridized carbons (Fsp3) is 0.250. The number of rotatable bonds is 4. The zero-order chi connectivity index (χ0) is 14.0. The lowest BCUT2D eigenvalue weighted by molar-refractivity contribution is 0.469. The van der Waals surface area contributed by atoms with Crippen LogP contribution in [0.2, 0.25) is 5.15 Å². The van der Waals surface area contributed by atoms with E-state index in [4.69, 9.17) is 11.6 Å². The lowest BCUT2D eigenvalue weighted by atomic mass is 10.3. The molecule has 0 atom stereocenters.